The average Bonchev–Trinajstić information content (AvgIpc) is 2.69. The van der Waals surface area contributed by atoms with Crippen LogP contribution in [-0.2, 0) is 11.2 Å². The number of nitrogens with zero attached hydrogens (tertiary/aromatic N) is 1. The molecule has 0 spiro atoms. The van der Waals surface area contributed by atoms with E-state index in [1.807, 2.05) is 4.90 Å². The number of carbonyl (C=O) groups excluding carboxylic acids is 1. The first-order valence-electron chi connectivity index (χ1n) is 7.61. The number of hydrogen-bond acceptors (Lipinski definition) is 3. The molecule has 2 aromatic rings. The van der Waals surface area contributed by atoms with E-state index < -0.39 is 0 Å². The van der Waals surface area contributed by atoms with E-state index in [-0.39, 0.29) is 18.3 Å². The number of rotatable bonds is 2. The van der Waals surface area contributed by atoms with Crippen molar-refractivity contribution in [2.24, 2.45) is 0 Å². The molecule has 1 N–H and O–H groups in total. The second-order valence-electron chi connectivity index (χ2n) is 5.85. The molecular weight excluding hydrogens is 300 g/mol. The third-order valence-corrected chi connectivity index (χ3v) is 4.30. The molecule has 3 rings (SSSR count). The molecule has 1 aromatic heterocycles. The van der Waals surface area contributed by atoms with E-state index in [0.717, 1.165) is 49.1 Å². The van der Waals surface area contributed by atoms with Gasteiger partial charge in [0.2, 0.25) is 5.91 Å². The summed E-state index contributed by atoms with van der Waals surface area (Å²) in [5, 5.41) is 4.39. The monoisotopic (exact) mass is 322 g/mol. The van der Waals surface area contributed by atoms with Gasteiger partial charge in [0, 0.05) is 30.6 Å². The number of benzene rings is 1. The highest BCUT2D eigenvalue weighted by atomic mass is 35.5. The van der Waals surface area contributed by atoms with Gasteiger partial charge in [-0.1, -0.05) is 0 Å². The topological polar surface area (TPSA) is 45.5 Å². The summed E-state index contributed by atoms with van der Waals surface area (Å²) >= 11 is 0. The number of amides is 1. The van der Waals surface area contributed by atoms with Crippen molar-refractivity contribution in [3.8, 4) is 0 Å². The molecule has 1 saturated heterocycles. The van der Waals surface area contributed by atoms with Crippen LogP contribution in [0, 0.1) is 13.8 Å². The highest BCUT2D eigenvalue weighted by Crippen LogP contribution is 2.25. The van der Waals surface area contributed by atoms with Gasteiger partial charge in [0.1, 0.15) is 5.58 Å². The van der Waals surface area contributed by atoms with Gasteiger partial charge in [-0.25, -0.2) is 0 Å². The van der Waals surface area contributed by atoms with Crippen LogP contribution in [0.1, 0.15) is 23.1 Å². The fourth-order valence-corrected chi connectivity index (χ4v) is 2.84. The Hall–Kier alpha value is -1.52. The van der Waals surface area contributed by atoms with Crippen molar-refractivity contribution in [1.82, 2.24) is 10.2 Å². The van der Waals surface area contributed by atoms with Gasteiger partial charge in [0.05, 0.1) is 12.7 Å². The van der Waals surface area contributed by atoms with Crippen molar-refractivity contribution in [3.63, 3.8) is 0 Å². The van der Waals surface area contributed by atoms with Crippen molar-refractivity contribution in [1.29, 1.82) is 0 Å². The highest BCUT2D eigenvalue weighted by Gasteiger charge is 2.18. The maximum Gasteiger partial charge on any atom is 0.227 e. The van der Waals surface area contributed by atoms with E-state index in [2.05, 4.69) is 31.3 Å². The summed E-state index contributed by atoms with van der Waals surface area (Å²) in [6.07, 6.45) is 3.18. The fourth-order valence-electron chi connectivity index (χ4n) is 2.84. The van der Waals surface area contributed by atoms with Crippen LogP contribution in [0.2, 0.25) is 0 Å². The summed E-state index contributed by atoms with van der Waals surface area (Å²) in [5.41, 5.74) is 4.32. The quantitative estimate of drug-likeness (QED) is 0.924. The summed E-state index contributed by atoms with van der Waals surface area (Å²) in [7, 11) is 0. The first-order chi connectivity index (χ1) is 10.1. The van der Waals surface area contributed by atoms with Gasteiger partial charge >= 0.3 is 0 Å². The standard InChI is InChI=1S/C17H22N2O2.ClH/c1-12-8-15-14(11-21-16(15)9-13(12)2)10-17(20)19-6-3-4-18-5-7-19;/h8-9,11,18H,3-7,10H2,1-2H3;1H. The lowest BCUT2D eigenvalue weighted by Crippen LogP contribution is -2.35. The Balaban J connectivity index is 0.00000176. The Morgan fingerprint density at radius 3 is 2.82 bits per heavy atom. The Kier molecular flexibility index (Phi) is 5.48. The zero-order valence-electron chi connectivity index (χ0n) is 13.1. The van der Waals surface area contributed by atoms with Crippen LogP contribution < -0.4 is 5.32 Å². The normalized spacial score (nSPS) is 15.5. The molecule has 2 heterocycles. The van der Waals surface area contributed by atoms with E-state index in [0.29, 0.717) is 6.42 Å². The number of halogens is 1. The van der Waals surface area contributed by atoms with E-state index in [1.54, 1.807) is 6.26 Å². The van der Waals surface area contributed by atoms with E-state index >= 15 is 0 Å². The van der Waals surface area contributed by atoms with Gasteiger partial charge in [0.15, 0.2) is 0 Å². The van der Waals surface area contributed by atoms with Gasteiger partial charge < -0.3 is 14.6 Å². The van der Waals surface area contributed by atoms with Crippen LogP contribution in [0.4, 0.5) is 0 Å². The molecular formula is C17H23ClN2O2. The fraction of sp³-hybridized carbons (Fsp3) is 0.471. The summed E-state index contributed by atoms with van der Waals surface area (Å²) in [6.45, 7) is 7.69. The first-order valence-corrected chi connectivity index (χ1v) is 7.61. The molecule has 0 radical (unpaired) electrons. The summed E-state index contributed by atoms with van der Waals surface area (Å²) in [5.74, 6) is 0.194. The lowest BCUT2D eigenvalue weighted by atomic mass is 10.0. The minimum Gasteiger partial charge on any atom is -0.464 e. The number of furan rings is 1. The van der Waals surface area contributed by atoms with Gasteiger partial charge in [-0.15, -0.1) is 12.4 Å². The molecule has 1 fully saturated rings. The van der Waals surface area contributed by atoms with Gasteiger partial charge in [0.25, 0.3) is 0 Å². The van der Waals surface area contributed by atoms with Crippen molar-refractivity contribution < 1.29 is 9.21 Å². The van der Waals surface area contributed by atoms with Crippen molar-refractivity contribution in [3.05, 3.63) is 35.1 Å². The number of nitrogens with one attached hydrogen (secondary N) is 1. The van der Waals surface area contributed by atoms with Crippen LogP contribution in [0.3, 0.4) is 0 Å². The molecule has 1 aliphatic heterocycles. The van der Waals surface area contributed by atoms with Crippen molar-refractivity contribution in [2.45, 2.75) is 26.7 Å². The minimum atomic E-state index is 0. The van der Waals surface area contributed by atoms with Gasteiger partial charge in [-0.2, -0.15) is 0 Å². The molecule has 1 aliphatic rings. The predicted molar refractivity (Wildman–Crippen MR) is 90.7 cm³/mol. The summed E-state index contributed by atoms with van der Waals surface area (Å²) in [4.78, 5) is 14.4. The Labute approximate surface area is 137 Å². The summed E-state index contributed by atoms with van der Waals surface area (Å²) < 4.78 is 5.61. The highest BCUT2D eigenvalue weighted by molar-refractivity contribution is 5.88. The smallest absolute Gasteiger partial charge is 0.227 e. The van der Waals surface area contributed by atoms with E-state index in [4.69, 9.17) is 4.42 Å². The number of aryl methyl sites for hydroxylation is 2. The number of hydrogen-bond donors (Lipinski definition) is 1. The minimum absolute atomic E-state index is 0. The van der Waals surface area contributed by atoms with Crippen LogP contribution in [0.15, 0.2) is 22.8 Å². The molecule has 0 aliphatic carbocycles. The Bertz CT molecular complexity index is 658. The molecule has 5 heteroatoms. The van der Waals surface area contributed by atoms with Gasteiger partial charge in [-0.3, -0.25) is 4.79 Å². The second-order valence-corrected chi connectivity index (χ2v) is 5.85. The van der Waals surface area contributed by atoms with Crippen LogP contribution in [0.5, 0.6) is 0 Å². The maximum absolute atomic E-state index is 12.5. The molecule has 0 unspecified atom stereocenters. The molecule has 1 aromatic carbocycles. The Morgan fingerprint density at radius 1 is 1.23 bits per heavy atom. The van der Waals surface area contributed by atoms with Gasteiger partial charge in [-0.05, 0) is 50.1 Å². The van der Waals surface area contributed by atoms with E-state index in [1.165, 1.54) is 11.1 Å². The van der Waals surface area contributed by atoms with Crippen LogP contribution in [-0.4, -0.2) is 37.0 Å². The molecule has 0 bridgehead atoms. The second kappa shape index (κ2) is 7.16. The van der Waals surface area contributed by atoms with Crippen molar-refractivity contribution in [2.75, 3.05) is 26.2 Å². The zero-order chi connectivity index (χ0) is 14.8. The third kappa shape index (κ3) is 3.45. The maximum atomic E-state index is 12.5. The average molecular weight is 323 g/mol. The molecule has 4 nitrogen and oxygen atoms in total. The zero-order valence-corrected chi connectivity index (χ0v) is 14.0. The lowest BCUT2D eigenvalue weighted by molar-refractivity contribution is -0.130. The molecule has 0 saturated carbocycles. The van der Waals surface area contributed by atoms with Crippen LogP contribution >= 0.6 is 12.4 Å². The van der Waals surface area contributed by atoms with Crippen LogP contribution in [0.25, 0.3) is 11.0 Å². The first kappa shape index (κ1) is 16.8. The van der Waals surface area contributed by atoms with E-state index in [9.17, 15) is 4.79 Å². The number of fused-ring (bicyclic) bond motifs is 1. The SMILES string of the molecule is Cc1cc2occ(CC(=O)N3CCCNCC3)c2cc1C.Cl. The largest absolute Gasteiger partial charge is 0.464 e. The molecule has 1 amide bonds. The van der Waals surface area contributed by atoms with Crippen molar-refractivity contribution >= 4 is 29.3 Å². The lowest BCUT2D eigenvalue weighted by Gasteiger charge is -2.19. The number of carbonyl (C=O) groups is 1. The molecule has 22 heavy (non-hydrogen) atoms. The molecule has 120 valence electrons. The predicted octanol–water partition coefficient (Wildman–Crippen LogP) is 2.84. The summed E-state index contributed by atoms with van der Waals surface area (Å²) in [6, 6.07) is 4.18. The third-order valence-electron chi connectivity index (χ3n) is 4.30. The Morgan fingerprint density at radius 2 is 2.00 bits per heavy atom. The molecule has 0 atom stereocenters.